The quantitative estimate of drug-likeness (QED) is 0.349. The molecule has 5 heterocycles. The first kappa shape index (κ1) is 22.0. The second-order valence-corrected chi connectivity index (χ2v) is 9.76. The smallest absolute Gasteiger partial charge is 0.324 e. The first-order valence-corrected chi connectivity index (χ1v) is 12.2. The first-order chi connectivity index (χ1) is 16.0. The third-order valence-corrected chi connectivity index (χ3v) is 6.91. The highest BCUT2D eigenvalue weighted by atomic mass is 35.5. The third-order valence-electron chi connectivity index (χ3n) is 5.86. The number of pyridine rings is 1. The van der Waals surface area contributed by atoms with E-state index in [9.17, 15) is 0 Å². The number of nitrogens with zero attached hydrogens (tertiary/aromatic N) is 7. The zero-order valence-electron chi connectivity index (χ0n) is 18.6. The van der Waals surface area contributed by atoms with Crippen molar-refractivity contribution in [1.29, 1.82) is 0 Å². The SMILES string of the molecule is CC(C)c1noc(N2CCC([C@H](C)Oc3nc4ccc(-c5cnc(Cl)nc5)nc4s3)CC2)n1. The Balaban J connectivity index is 1.22. The number of thiazole rings is 1. The summed E-state index contributed by atoms with van der Waals surface area (Å²) in [7, 11) is 0. The number of hydrogen-bond donors (Lipinski definition) is 0. The van der Waals surface area contributed by atoms with Crippen LogP contribution in [0.5, 0.6) is 5.19 Å². The van der Waals surface area contributed by atoms with E-state index in [1.807, 2.05) is 12.1 Å². The topological polar surface area (TPSA) is 103 Å². The maximum absolute atomic E-state index is 6.23. The zero-order valence-corrected chi connectivity index (χ0v) is 20.2. The van der Waals surface area contributed by atoms with Crippen molar-refractivity contribution in [1.82, 2.24) is 30.1 Å². The lowest BCUT2D eigenvalue weighted by Gasteiger charge is -2.33. The number of anilines is 1. The molecule has 1 fully saturated rings. The normalized spacial score (nSPS) is 16.0. The summed E-state index contributed by atoms with van der Waals surface area (Å²) in [5.74, 6) is 1.43. The minimum atomic E-state index is 0.0470. The van der Waals surface area contributed by atoms with E-state index in [4.69, 9.17) is 25.8 Å². The summed E-state index contributed by atoms with van der Waals surface area (Å²) in [6, 6.07) is 4.46. The summed E-state index contributed by atoms with van der Waals surface area (Å²) in [4.78, 5) is 24.9. The van der Waals surface area contributed by atoms with Gasteiger partial charge in [0.25, 0.3) is 5.19 Å². The van der Waals surface area contributed by atoms with Crippen LogP contribution in [0.2, 0.25) is 5.28 Å². The van der Waals surface area contributed by atoms with Crippen molar-refractivity contribution < 1.29 is 9.26 Å². The molecule has 1 atom stereocenters. The second kappa shape index (κ2) is 9.18. The molecule has 33 heavy (non-hydrogen) atoms. The standard InChI is InChI=1S/C22H24ClN7O2S/c1-12(2)18-28-21(32-29-18)30-8-6-14(7-9-30)13(3)31-22-27-17-5-4-16(26-19(17)33-22)15-10-24-20(23)25-11-15/h4-5,10-14H,6-9H2,1-3H3/t13-/m0/s1. The zero-order chi connectivity index (χ0) is 22.9. The van der Waals surface area contributed by atoms with Gasteiger partial charge in [-0.1, -0.05) is 30.3 Å². The third kappa shape index (κ3) is 4.77. The average Bonchev–Trinajstić information content (AvgIpc) is 3.46. The lowest BCUT2D eigenvalue weighted by Crippen LogP contribution is -2.38. The van der Waals surface area contributed by atoms with Crippen LogP contribution in [0, 0.1) is 5.92 Å². The van der Waals surface area contributed by atoms with Crippen molar-refractivity contribution >= 4 is 39.3 Å². The van der Waals surface area contributed by atoms with E-state index in [0.29, 0.717) is 17.1 Å². The molecule has 1 saturated heterocycles. The Kier molecular flexibility index (Phi) is 6.11. The maximum Gasteiger partial charge on any atom is 0.324 e. The molecule has 9 nitrogen and oxygen atoms in total. The van der Waals surface area contributed by atoms with Crippen LogP contribution in [0.1, 0.15) is 45.4 Å². The molecular formula is C22H24ClN7O2S. The lowest BCUT2D eigenvalue weighted by molar-refractivity contribution is 0.131. The van der Waals surface area contributed by atoms with Gasteiger partial charge >= 0.3 is 6.01 Å². The average molecular weight is 486 g/mol. The Hall–Kier alpha value is -2.85. The van der Waals surface area contributed by atoms with Gasteiger partial charge in [-0.15, -0.1) is 0 Å². The molecule has 0 aromatic carbocycles. The summed E-state index contributed by atoms with van der Waals surface area (Å²) in [5, 5.41) is 4.92. The number of halogens is 1. The highest BCUT2D eigenvalue weighted by Gasteiger charge is 2.28. The molecule has 0 saturated carbocycles. The summed E-state index contributed by atoms with van der Waals surface area (Å²) in [6.45, 7) is 7.96. The highest BCUT2D eigenvalue weighted by Crippen LogP contribution is 2.32. The highest BCUT2D eigenvalue weighted by molar-refractivity contribution is 7.19. The largest absolute Gasteiger partial charge is 0.467 e. The predicted molar refractivity (Wildman–Crippen MR) is 127 cm³/mol. The first-order valence-electron chi connectivity index (χ1n) is 11.0. The number of hydrogen-bond acceptors (Lipinski definition) is 10. The van der Waals surface area contributed by atoms with Gasteiger partial charge in [0.2, 0.25) is 5.28 Å². The number of rotatable bonds is 6. The van der Waals surface area contributed by atoms with E-state index in [0.717, 1.165) is 53.4 Å². The summed E-state index contributed by atoms with van der Waals surface area (Å²) >= 11 is 7.23. The van der Waals surface area contributed by atoms with Crippen LogP contribution < -0.4 is 9.64 Å². The van der Waals surface area contributed by atoms with E-state index in [-0.39, 0.29) is 17.3 Å². The van der Waals surface area contributed by atoms with E-state index in [1.165, 1.54) is 11.3 Å². The Morgan fingerprint density at radius 3 is 2.55 bits per heavy atom. The van der Waals surface area contributed by atoms with Gasteiger partial charge in [-0.2, -0.15) is 4.98 Å². The predicted octanol–water partition coefficient (Wildman–Crippen LogP) is 4.99. The maximum atomic E-state index is 6.23. The van der Waals surface area contributed by atoms with Crippen LogP contribution in [0.15, 0.2) is 29.0 Å². The number of fused-ring (bicyclic) bond motifs is 1. The number of ether oxygens (including phenoxy) is 1. The van der Waals surface area contributed by atoms with Crippen molar-refractivity contribution in [2.24, 2.45) is 5.92 Å². The number of aromatic nitrogens is 6. The fraction of sp³-hybridized carbons (Fsp3) is 0.455. The Morgan fingerprint density at radius 2 is 1.85 bits per heavy atom. The van der Waals surface area contributed by atoms with Gasteiger partial charge in [0, 0.05) is 37.0 Å². The molecular weight excluding hydrogens is 462 g/mol. The molecule has 0 spiro atoms. The summed E-state index contributed by atoms with van der Waals surface area (Å²) < 4.78 is 11.7. The van der Waals surface area contributed by atoms with Crippen molar-refractivity contribution in [3.8, 4) is 16.5 Å². The molecule has 11 heteroatoms. The van der Waals surface area contributed by atoms with E-state index < -0.39 is 0 Å². The minimum absolute atomic E-state index is 0.0470. The van der Waals surface area contributed by atoms with Crippen molar-refractivity contribution in [2.45, 2.75) is 45.6 Å². The van der Waals surface area contributed by atoms with Crippen molar-refractivity contribution in [3.63, 3.8) is 0 Å². The molecule has 1 aliphatic heterocycles. The van der Waals surface area contributed by atoms with Crippen LogP contribution in [-0.4, -0.2) is 49.3 Å². The number of piperidine rings is 1. The van der Waals surface area contributed by atoms with Gasteiger partial charge in [0.1, 0.15) is 16.5 Å². The molecule has 4 aromatic heterocycles. The van der Waals surface area contributed by atoms with Crippen molar-refractivity contribution in [3.05, 3.63) is 35.6 Å². The molecule has 5 rings (SSSR count). The molecule has 172 valence electrons. The Labute approximate surface area is 200 Å². The second-order valence-electron chi connectivity index (χ2n) is 8.48. The van der Waals surface area contributed by atoms with E-state index in [2.05, 4.69) is 50.8 Å². The van der Waals surface area contributed by atoms with Crippen LogP contribution in [-0.2, 0) is 0 Å². The molecule has 1 aliphatic rings. The summed E-state index contributed by atoms with van der Waals surface area (Å²) in [6.07, 6.45) is 5.35. The molecule has 0 radical (unpaired) electrons. The van der Waals surface area contributed by atoms with Crippen LogP contribution in [0.25, 0.3) is 21.6 Å². The molecule has 0 amide bonds. The van der Waals surface area contributed by atoms with Crippen LogP contribution in [0.3, 0.4) is 0 Å². The van der Waals surface area contributed by atoms with Gasteiger partial charge in [-0.3, -0.25) is 0 Å². The van der Waals surface area contributed by atoms with E-state index in [1.54, 1.807) is 12.4 Å². The van der Waals surface area contributed by atoms with Crippen LogP contribution in [0.4, 0.5) is 6.01 Å². The Bertz CT molecular complexity index is 1240. The van der Waals surface area contributed by atoms with Gasteiger partial charge in [-0.25, -0.2) is 19.9 Å². The lowest BCUT2D eigenvalue weighted by atomic mass is 9.92. The van der Waals surface area contributed by atoms with E-state index >= 15 is 0 Å². The van der Waals surface area contributed by atoms with Gasteiger partial charge in [0.15, 0.2) is 5.82 Å². The molecule has 0 bridgehead atoms. The fourth-order valence-electron chi connectivity index (χ4n) is 3.86. The Morgan fingerprint density at radius 1 is 1.09 bits per heavy atom. The monoisotopic (exact) mass is 485 g/mol. The van der Waals surface area contributed by atoms with Gasteiger partial charge < -0.3 is 14.2 Å². The minimum Gasteiger partial charge on any atom is -0.467 e. The van der Waals surface area contributed by atoms with Gasteiger partial charge in [-0.05, 0) is 49.4 Å². The van der Waals surface area contributed by atoms with Gasteiger partial charge in [0.05, 0.1) is 5.69 Å². The molecule has 0 N–H and O–H groups in total. The molecule has 4 aromatic rings. The molecule has 0 aliphatic carbocycles. The molecule has 0 unspecified atom stereocenters. The fourth-order valence-corrected chi connectivity index (χ4v) is 4.83. The van der Waals surface area contributed by atoms with Crippen molar-refractivity contribution in [2.75, 3.05) is 18.0 Å². The summed E-state index contributed by atoms with van der Waals surface area (Å²) in [5.41, 5.74) is 2.39. The van der Waals surface area contributed by atoms with Crippen LogP contribution >= 0.6 is 22.9 Å².